The average Bonchev–Trinajstić information content (AvgIpc) is 3.17. The van der Waals surface area contributed by atoms with E-state index in [9.17, 15) is 0 Å². The summed E-state index contributed by atoms with van der Waals surface area (Å²) in [6.45, 7) is 16.3. The molecule has 3 aliphatic rings. The Labute approximate surface area is 322 Å². The van der Waals surface area contributed by atoms with Crippen LogP contribution in [0, 0.1) is 5.92 Å². The third-order valence-electron chi connectivity index (χ3n) is 11.7. The Kier molecular flexibility index (Phi) is 8.12. The van der Waals surface area contributed by atoms with Crippen molar-refractivity contribution in [1.82, 2.24) is 0 Å². The third kappa shape index (κ3) is 5.64. The van der Waals surface area contributed by atoms with Gasteiger partial charge in [0.15, 0.2) is 0 Å². The molecule has 0 fully saturated rings. The van der Waals surface area contributed by atoms with E-state index < -0.39 is 0 Å². The molecule has 0 aromatic heterocycles. The summed E-state index contributed by atoms with van der Waals surface area (Å²) in [5.41, 5.74) is 19.2. The molecule has 0 N–H and O–H groups in total. The van der Waals surface area contributed by atoms with Crippen LogP contribution < -0.4 is 26.2 Å². The Hall–Kier alpha value is -5.54. The van der Waals surface area contributed by atoms with Crippen molar-refractivity contribution in [3.63, 3.8) is 0 Å². The second-order valence-corrected chi connectivity index (χ2v) is 17.5. The minimum atomic E-state index is 0.0179. The molecular weight excluding hydrogens is 651 g/mol. The van der Waals surface area contributed by atoms with E-state index in [1.54, 1.807) is 0 Å². The molecule has 1 atom stereocenters. The summed E-state index contributed by atoms with van der Waals surface area (Å²) in [7, 11) is 0. The molecule has 266 valence electrons. The van der Waals surface area contributed by atoms with Crippen LogP contribution in [0.2, 0.25) is 0 Å². The lowest BCUT2D eigenvalue weighted by Gasteiger charge is -2.45. The fourth-order valence-corrected chi connectivity index (χ4v) is 8.85. The molecule has 0 saturated heterocycles. The van der Waals surface area contributed by atoms with Crippen molar-refractivity contribution in [3.05, 3.63) is 168 Å². The summed E-state index contributed by atoms with van der Waals surface area (Å²) < 4.78 is 0. The first-order chi connectivity index (χ1) is 26.0. The molecule has 2 heterocycles. The molecular formula is C51H49BN2. The molecule has 1 unspecified atom stereocenters. The van der Waals surface area contributed by atoms with Gasteiger partial charge in [0.2, 0.25) is 0 Å². The molecule has 2 nitrogen and oxygen atoms in total. The van der Waals surface area contributed by atoms with Crippen molar-refractivity contribution in [3.8, 4) is 11.1 Å². The number of allylic oxidation sites excluding steroid dienone is 4. The Balaban J connectivity index is 1.33. The largest absolute Gasteiger partial charge is 0.311 e. The minimum Gasteiger partial charge on any atom is -0.311 e. The lowest BCUT2D eigenvalue weighted by Crippen LogP contribution is -2.61. The molecule has 54 heavy (non-hydrogen) atoms. The van der Waals surface area contributed by atoms with E-state index in [4.69, 9.17) is 0 Å². The summed E-state index contributed by atoms with van der Waals surface area (Å²) in [6, 6.07) is 50.4. The van der Waals surface area contributed by atoms with Crippen molar-refractivity contribution >= 4 is 62.8 Å². The second-order valence-electron chi connectivity index (χ2n) is 17.5. The number of fused-ring (bicyclic) bond motifs is 4. The lowest BCUT2D eigenvalue weighted by atomic mass is 9.33. The van der Waals surface area contributed by atoms with E-state index in [0.717, 1.165) is 6.42 Å². The zero-order chi connectivity index (χ0) is 37.4. The summed E-state index contributed by atoms with van der Waals surface area (Å²) in [4.78, 5) is 5.11. The van der Waals surface area contributed by atoms with Gasteiger partial charge in [-0.2, -0.15) is 0 Å². The van der Waals surface area contributed by atoms with Crippen LogP contribution in [0.4, 0.5) is 34.1 Å². The van der Waals surface area contributed by atoms with Crippen LogP contribution in [0.3, 0.4) is 0 Å². The van der Waals surface area contributed by atoms with Gasteiger partial charge in [0, 0.05) is 33.9 Å². The van der Waals surface area contributed by atoms with E-state index in [-0.39, 0.29) is 17.5 Å². The molecule has 2 aliphatic heterocycles. The highest BCUT2D eigenvalue weighted by Gasteiger charge is 2.43. The number of para-hydroxylation sites is 2. The van der Waals surface area contributed by atoms with Crippen molar-refractivity contribution in [2.75, 3.05) is 9.80 Å². The monoisotopic (exact) mass is 700 g/mol. The smallest absolute Gasteiger partial charge is 0.252 e. The van der Waals surface area contributed by atoms with Gasteiger partial charge in [-0.25, -0.2) is 0 Å². The molecule has 3 heteroatoms. The van der Waals surface area contributed by atoms with Gasteiger partial charge >= 0.3 is 0 Å². The van der Waals surface area contributed by atoms with Crippen LogP contribution in [0.5, 0.6) is 0 Å². The Morgan fingerprint density at radius 2 is 1.02 bits per heavy atom. The average molecular weight is 701 g/mol. The Bertz CT molecular complexity index is 2480. The quantitative estimate of drug-likeness (QED) is 0.169. The predicted molar refractivity (Wildman–Crippen MR) is 234 cm³/mol. The highest BCUT2D eigenvalue weighted by atomic mass is 15.2. The normalized spacial score (nSPS) is 16.1. The zero-order valence-corrected chi connectivity index (χ0v) is 32.7. The van der Waals surface area contributed by atoms with Crippen LogP contribution in [0.15, 0.2) is 152 Å². The number of benzene rings is 6. The molecule has 0 amide bonds. The zero-order valence-electron chi connectivity index (χ0n) is 32.7. The van der Waals surface area contributed by atoms with Gasteiger partial charge in [0.25, 0.3) is 6.71 Å². The van der Waals surface area contributed by atoms with E-state index in [1.165, 1.54) is 83.9 Å². The van der Waals surface area contributed by atoms with E-state index >= 15 is 0 Å². The summed E-state index contributed by atoms with van der Waals surface area (Å²) in [6.07, 6.45) is 8.24. The van der Waals surface area contributed by atoms with Gasteiger partial charge in [-0.3, -0.25) is 0 Å². The first-order valence-corrected chi connectivity index (χ1v) is 19.6. The topological polar surface area (TPSA) is 6.48 Å². The van der Waals surface area contributed by atoms with Gasteiger partial charge in [-0.1, -0.05) is 152 Å². The van der Waals surface area contributed by atoms with Crippen molar-refractivity contribution in [2.24, 2.45) is 5.92 Å². The van der Waals surface area contributed by atoms with Crippen molar-refractivity contribution in [1.29, 1.82) is 0 Å². The fraction of sp³-hybridized carbons (Fsp3) is 0.216. The first-order valence-electron chi connectivity index (χ1n) is 19.6. The van der Waals surface area contributed by atoms with Gasteiger partial charge in [0.05, 0.1) is 11.4 Å². The molecule has 6 aromatic carbocycles. The standard InChI is InChI=1S/C51H49BN2/c1-34-17-15-20-36(31-34)40-33-38(51(5,6)7)28-30-44(40)54-46-24-14-12-22-42(46)52-41-21-11-13-23-45(41)53(47-25-16-26-48(54)49(47)52)43-29-27-37(50(2,3)4)32-39(43)35-18-9-8-10-19-35/h8-16,18-34H,17H2,1-7H3. The van der Waals surface area contributed by atoms with Gasteiger partial charge in [-0.15, -0.1) is 0 Å². The Morgan fingerprint density at radius 3 is 1.57 bits per heavy atom. The highest BCUT2D eigenvalue weighted by molar-refractivity contribution is 7.00. The number of hydrogen-bond acceptors (Lipinski definition) is 2. The number of hydrogen-bond donors (Lipinski definition) is 0. The summed E-state index contributed by atoms with van der Waals surface area (Å²) in [5, 5.41) is 0. The van der Waals surface area contributed by atoms with Crippen LogP contribution in [-0.4, -0.2) is 6.71 Å². The van der Waals surface area contributed by atoms with Crippen LogP contribution >= 0.6 is 0 Å². The lowest BCUT2D eigenvalue weighted by molar-refractivity contribution is 0.590. The van der Waals surface area contributed by atoms with E-state index in [1.807, 2.05) is 0 Å². The molecule has 6 aromatic rings. The maximum atomic E-state index is 2.56. The minimum absolute atomic E-state index is 0.0179. The predicted octanol–water partition coefficient (Wildman–Crippen LogP) is 12.0. The van der Waals surface area contributed by atoms with E-state index in [2.05, 4.69) is 210 Å². The molecule has 0 bridgehead atoms. The highest BCUT2D eigenvalue weighted by Crippen LogP contribution is 2.48. The summed E-state index contributed by atoms with van der Waals surface area (Å²) >= 11 is 0. The third-order valence-corrected chi connectivity index (χ3v) is 11.7. The number of nitrogens with zero attached hydrogens (tertiary/aromatic N) is 2. The fourth-order valence-electron chi connectivity index (χ4n) is 8.85. The van der Waals surface area contributed by atoms with Gasteiger partial charge in [-0.05, 0) is 110 Å². The molecule has 0 radical (unpaired) electrons. The maximum absolute atomic E-state index is 2.56. The second kappa shape index (κ2) is 12.8. The molecule has 9 rings (SSSR count). The van der Waals surface area contributed by atoms with Crippen LogP contribution in [0.1, 0.15) is 71.6 Å². The Morgan fingerprint density at radius 1 is 0.519 bits per heavy atom. The van der Waals surface area contributed by atoms with E-state index in [0.29, 0.717) is 5.92 Å². The number of anilines is 6. The first kappa shape index (κ1) is 34.2. The summed E-state index contributed by atoms with van der Waals surface area (Å²) in [5.74, 6) is 0.493. The molecule has 0 spiro atoms. The number of rotatable bonds is 4. The van der Waals surface area contributed by atoms with Crippen LogP contribution in [-0.2, 0) is 10.8 Å². The SMILES string of the molecule is CC1C=C(c2cc(C(C)(C)C)ccc2N2c3ccccc3B3c4ccccc4N(c4ccc(C(C)(C)C)cc4-c4ccccc4)c4cccc2c43)C=CC1. The van der Waals surface area contributed by atoms with Crippen molar-refractivity contribution < 1.29 is 0 Å². The molecule has 0 saturated carbocycles. The van der Waals surface area contributed by atoms with Gasteiger partial charge < -0.3 is 9.80 Å². The maximum Gasteiger partial charge on any atom is 0.252 e. The van der Waals surface area contributed by atoms with Crippen molar-refractivity contribution in [2.45, 2.75) is 65.7 Å². The van der Waals surface area contributed by atoms with Gasteiger partial charge in [0.1, 0.15) is 0 Å². The molecule has 1 aliphatic carbocycles. The van der Waals surface area contributed by atoms with Crippen LogP contribution in [0.25, 0.3) is 16.7 Å².